The van der Waals surface area contributed by atoms with E-state index in [9.17, 15) is 9.59 Å². The molecule has 0 aliphatic heterocycles. The number of aryl methyl sites for hydroxylation is 1. The zero-order valence-electron chi connectivity index (χ0n) is 15.8. The minimum Gasteiger partial charge on any atom is -0.456 e. The van der Waals surface area contributed by atoms with Gasteiger partial charge in [0, 0.05) is 21.4 Å². The average Bonchev–Trinajstić information content (AvgIpc) is 2.63. The molecule has 2 aromatic carbocycles. The van der Waals surface area contributed by atoms with Crippen molar-refractivity contribution in [1.82, 2.24) is 0 Å². The van der Waals surface area contributed by atoms with Crippen molar-refractivity contribution in [2.24, 2.45) is 0 Å². The van der Waals surface area contributed by atoms with Crippen LogP contribution in [0.3, 0.4) is 0 Å². The summed E-state index contributed by atoms with van der Waals surface area (Å²) in [6.07, 6.45) is 0.238. The SMILES string of the molecule is Cc1cccc(C(C)C)c1NC(=O)COC(=O)CCSc1ccc(Cl)cc1. The molecule has 1 N–H and O–H groups in total. The number of hydrogen-bond donors (Lipinski definition) is 1. The van der Waals surface area contributed by atoms with Crippen LogP contribution in [0.15, 0.2) is 47.4 Å². The highest BCUT2D eigenvalue weighted by atomic mass is 35.5. The maximum absolute atomic E-state index is 12.2. The van der Waals surface area contributed by atoms with E-state index in [-0.39, 0.29) is 30.8 Å². The number of carbonyl (C=O) groups is 2. The van der Waals surface area contributed by atoms with E-state index in [1.54, 1.807) is 11.8 Å². The molecule has 0 aliphatic carbocycles. The van der Waals surface area contributed by atoms with Crippen LogP contribution in [0.5, 0.6) is 0 Å². The van der Waals surface area contributed by atoms with Gasteiger partial charge in [0.2, 0.25) is 0 Å². The Balaban J connectivity index is 1.77. The Morgan fingerprint density at radius 3 is 2.52 bits per heavy atom. The van der Waals surface area contributed by atoms with Crippen LogP contribution in [0, 0.1) is 6.92 Å². The van der Waals surface area contributed by atoms with Crippen LogP contribution in [0.4, 0.5) is 5.69 Å². The number of para-hydroxylation sites is 1. The van der Waals surface area contributed by atoms with Crippen molar-refractivity contribution < 1.29 is 14.3 Å². The summed E-state index contributed by atoms with van der Waals surface area (Å²) in [5.41, 5.74) is 2.85. The first-order valence-corrected chi connectivity index (χ1v) is 10.2. The van der Waals surface area contributed by atoms with Gasteiger partial charge in [0.15, 0.2) is 6.61 Å². The maximum atomic E-state index is 12.2. The first kappa shape index (κ1) is 21.3. The quantitative estimate of drug-likeness (QED) is 0.469. The standard InChI is InChI=1S/C21H24ClNO3S/c1-14(2)18-6-4-5-15(3)21(18)23-19(24)13-26-20(25)11-12-27-17-9-7-16(22)8-10-17/h4-10,14H,11-13H2,1-3H3,(H,23,24). The molecule has 6 heteroatoms. The predicted molar refractivity (Wildman–Crippen MR) is 112 cm³/mol. The third-order valence-electron chi connectivity index (χ3n) is 3.94. The number of rotatable bonds is 8. The number of nitrogens with one attached hydrogen (secondary N) is 1. The van der Waals surface area contributed by atoms with Gasteiger partial charge in [0.1, 0.15) is 0 Å². The van der Waals surface area contributed by atoms with Crippen molar-refractivity contribution in [1.29, 1.82) is 0 Å². The molecule has 4 nitrogen and oxygen atoms in total. The molecule has 27 heavy (non-hydrogen) atoms. The Labute approximate surface area is 169 Å². The number of ether oxygens (including phenoxy) is 1. The van der Waals surface area contributed by atoms with E-state index in [0.717, 1.165) is 21.7 Å². The lowest BCUT2D eigenvalue weighted by atomic mass is 9.98. The molecule has 0 saturated carbocycles. The van der Waals surface area contributed by atoms with Gasteiger partial charge >= 0.3 is 5.97 Å². The number of hydrogen-bond acceptors (Lipinski definition) is 4. The Morgan fingerprint density at radius 2 is 1.85 bits per heavy atom. The fourth-order valence-corrected chi connectivity index (χ4v) is 3.48. The molecule has 0 fully saturated rings. The second-order valence-electron chi connectivity index (χ2n) is 6.46. The summed E-state index contributed by atoms with van der Waals surface area (Å²) in [5.74, 6) is 0.148. The minimum absolute atomic E-state index is 0.238. The molecule has 0 heterocycles. The summed E-state index contributed by atoms with van der Waals surface area (Å²) in [6.45, 7) is 5.81. The lowest BCUT2D eigenvalue weighted by Crippen LogP contribution is -2.22. The Bertz CT molecular complexity index is 791. The number of benzene rings is 2. The topological polar surface area (TPSA) is 55.4 Å². The van der Waals surface area contributed by atoms with Crippen LogP contribution >= 0.6 is 23.4 Å². The summed E-state index contributed by atoms with van der Waals surface area (Å²) in [4.78, 5) is 25.0. The zero-order valence-corrected chi connectivity index (χ0v) is 17.3. The van der Waals surface area contributed by atoms with Crippen LogP contribution in [0.25, 0.3) is 0 Å². The monoisotopic (exact) mass is 405 g/mol. The van der Waals surface area contributed by atoms with Crippen LogP contribution in [0.2, 0.25) is 5.02 Å². The number of thioether (sulfide) groups is 1. The Hall–Kier alpha value is -1.98. The van der Waals surface area contributed by atoms with Gasteiger partial charge in [-0.05, 0) is 48.2 Å². The molecule has 0 unspecified atom stereocenters. The van der Waals surface area contributed by atoms with E-state index in [0.29, 0.717) is 10.8 Å². The van der Waals surface area contributed by atoms with Gasteiger partial charge in [-0.15, -0.1) is 11.8 Å². The maximum Gasteiger partial charge on any atom is 0.307 e. The van der Waals surface area contributed by atoms with Crippen molar-refractivity contribution in [3.8, 4) is 0 Å². The molecule has 1 amide bonds. The molecular weight excluding hydrogens is 382 g/mol. The van der Waals surface area contributed by atoms with Crippen molar-refractivity contribution in [2.45, 2.75) is 38.0 Å². The summed E-state index contributed by atoms with van der Waals surface area (Å²) < 4.78 is 5.09. The lowest BCUT2D eigenvalue weighted by molar-refractivity contribution is -0.146. The summed E-state index contributed by atoms with van der Waals surface area (Å²) >= 11 is 7.38. The number of halogens is 1. The van der Waals surface area contributed by atoms with Crippen LogP contribution < -0.4 is 5.32 Å². The summed E-state index contributed by atoms with van der Waals surface area (Å²) in [7, 11) is 0. The molecule has 2 aromatic rings. The second-order valence-corrected chi connectivity index (χ2v) is 8.06. The van der Waals surface area contributed by atoms with E-state index in [1.165, 1.54) is 0 Å². The molecule has 0 aromatic heterocycles. The summed E-state index contributed by atoms with van der Waals surface area (Å²) in [5, 5.41) is 3.55. The molecule has 0 atom stereocenters. The van der Waals surface area contributed by atoms with Gasteiger partial charge in [-0.3, -0.25) is 9.59 Å². The predicted octanol–water partition coefficient (Wildman–Crippen LogP) is 5.44. The van der Waals surface area contributed by atoms with Crippen molar-refractivity contribution in [2.75, 3.05) is 17.7 Å². The molecule has 2 rings (SSSR count). The Morgan fingerprint density at radius 1 is 1.15 bits per heavy atom. The minimum atomic E-state index is -0.388. The molecule has 0 saturated heterocycles. The van der Waals surface area contributed by atoms with E-state index in [1.807, 2.05) is 49.4 Å². The highest BCUT2D eigenvalue weighted by molar-refractivity contribution is 7.99. The van der Waals surface area contributed by atoms with Gasteiger partial charge in [-0.2, -0.15) is 0 Å². The number of anilines is 1. The van der Waals surface area contributed by atoms with Crippen molar-refractivity contribution >= 4 is 40.9 Å². The van der Waals surface area contributed by atoms with Gasteiger partial charge in [0.25, 0.3) is 5.91 Å². The number of amides is 1. The molecule has 0 spiro atoms. The van der Waals surface area contributed by atoms with Crippen molar-refractivity contribution in [3.05, 3.63) is 58.6 Å². The number of esters is 1. The van der Waals surface area contributed by atoms with Crippen LogP contribution in [-0.2, 0) is 14.3 Å². The number of carbonyl (C=O) groups excluding carboxylic acids is 2. The van der Waals surface area contributed by atoms with E-state index < -0.39 is 0 Å². The smallest absolute Gasteiger partial charge is 0.307 e. The third-order valence-corrected chi connectivity index (χ3v) is 5.21. The third kappa shape index (κ3) is 6.92. The van der Waals surface area contributed by atoms with Crippen molar-refractivity contribution in [3.63, 3.8) is 0 Å². The Kier molecular flexibility index (Phi) is 8.20. The molecular formula is C21H24ClNO3S. The first-order valence-electron chi connectivity index (χ1n) is 8.80. The van der Waals surface area contributed by atoms with E-state index in [4.69, 9.17) is 16.3 Å². The summed E-state index contributed by atoms with van der Waals surface area (Å²) in [6, 6.07) is 13.3. The van der Waals surface area contributed by atoms with Gasteiger partial charge in [-0.25, -0.2) is 0 Å². The molecule has 0 bridgehead atoms. The molecule has 0 radical (unpaired) electrons. The van der Waals surface area contributed by atoms with Gasteiger partial charge in [-0.1, -0.05) is 43.6 Å². The molecule has 144 valence electrons. The largest absolute Gasteiger partial charge is 0.456 e. The van der Waals surface area contributed by atoms with Crippen LogP contribution in [-0.4, -0.2) is 24.2 Å². The second kappa shape index (κ2) is 10.4. The highest BCUT2D eigenvalue weighted by Gasteiger charge is 2.13. The van der Waals surface area contributed by atoms with Gasteiger partial charge < -0.3 is 10.1 Å². The fourth-order valence-electron chi connectivity index (χ4n) is 2.52. The average molecular weight is 406 g/mol. The van der Waals surface area contributed by atoms with Gasteiger partial charge in [0.05, 0.1) is 6.42 Å². The molecule has 0 aliphatic rings. The lowest BCUT2D eigenvalue weighted by Gasteiger charge is -2.16. The zero-order chi connectivity index (χ0) is 19.8. The highest BCUT2D eigenvalue weighted by Crippen LogP contribution is 2.27. The van der Waals surface area contributed by atoms with E-state index >= 15 is 0 Å². The van der Waals surface area contributed by atoms with E-state index in [2.05, 4.69) is 19.2 Å². The van der Waals surface area contributed by atoms with Crippen LogP contribution in [0.1, 0.15) is 37.3 Å². The first-order chi connectivity index (χ1) is 12.9. The normalized spacial score (nSPS) is 10.7. The fraction of sp³-hybridized carbons (Fsp3) is 0.333.